The average molecular weight is 411 g/mol. The van der Waals surface area contributed by atoms with Crippen LogP contribution in [0.15, 0.2) is 54.1 Å². The number of hydrogen-bond donors (Lipinski definition) is 4. The zero-order valence-corrected chi connectivity index (χ0v) is 17.7. The van der Waals surface area contributed by atoms with Gasteiger partial charge in [0.15, 0.2) is 5.78 Å². The van der Waals surface area contributed by atoms with E-state index in [2.05, 4.69) is 6.08 Å². The number of carbonyl (C=O) groups excluding carboxylic acids is 1. The van der Waals surface area contributed by atoms with Crippen molar-refractivity contribution >= 4 is 11.9 Å². The van der Waals surface area contributed by atoms with E-state index in [9.17, 15) is 25.2 Å². The molecule has 0 bridgehead atoms. The number of rotatable bonds is 9. The van der Waals surface area contributed by atoms with Gasteiger partial charge in [-0.15, -0.1) is 0 Å². The van der Waals surface area contributed by atoms with Crippen LogP contribution < -0.4 is 0 Å². The van der Waals surface area contributed by atoms with Gasteiger partial charge in [-0.2, -0.15) is 0 Å². The fraction of sp³-hybridized carbons (Fsp3) is 0.320. The lowest BCUT2D eigenvalue weighted by molar-refractivity contribution is 0.0430. The summed E-state index contributed by atoms with van der Waals surface area (Å²) in [4.78, 5) is 12.5. The van der Waals surface area contributed by atoms with Crippen molar-refractivity contribution in [3.8, 4) is 17.2 Å². The summed E-state index contributed by atoms with van der Waals surface area (Å²) in [6, 6.07) is 9.13. The van der Waals surface area contributed by atoms with E-state index in [-0.39, 0.29) is 34.8 Å². The largest absolute Gasteiger partial charge is 0.508 e. The fourth-order valence-electron chi connectivity index (χ4n) is 3.11. The number of aliphatic hydroxyl groups is 1. The number of phenolic OH excluding ortho intramolecular Hbond substituents is 3. The summed E-state index contributed by atoms with van der Waals surface area (Å²) in [5.74, 6) is -0.643. The second-order valence-corrected chi connectivity index (χ2v) is 8.07. The molecule has 0 aromatic heterocycles. The van der Waals surface area contributed by atoms with Gasteiger partial charge in [0.05, 0.1) is 11.2 Å². The van der Waals surface area contributed by atoms with Crippen molar-refractivity contribution in [3.63, 3.8) is 0 Å². The number of phenols is 3. The lowest BCUT2D eigenvalue weighted by Gasteiger charge is -2.23. The Hall–Kier alpha value is -3.05. The van der Waals surface area contributed by atoms with Gasteiger partial charge in [0.2, 0.25) is 0 Å². The van der Waals surface area contributed by atoms with E-state index in [1.165, 1.54) is 35.9 Å². The zero-order valence-electron chi connectivity index (χ0n) is 17.7. The highest BCUT2D eigenvalue weighted by atomic mass is 16.3. The maximum atomic E-state index is 12.5. The van der Waals surface area contributed by atoms with Crippen LogP contribution >= 0.6 is 0 Å². The highest BCUT2D eigenvalue weighted by molar-refractivity contribution is 6.09. The Morgan fingerprint density at radius 3 is 2.30 bits per heavy atom. The molecule has 4 N–H and O–H groups in total. The molecule has 0 heterocycles. The molecule has 5 heteroatoms. The SMILES string of the molecule is CC(C)=CCCC(C)(O)CCc1c(O)ccc(C(=O)/C=C/c2ccc(O)cc2)c1O. The van der Waals surface area contributed by atoms with E-state index in [0.717, 1.165) is 12.0 Å². The smallest absolute Gasteiger partial charge is 0.189 e. The molecular formula is C25H30O5. The lowest BCUT2D eigenvalue weighted by Crippen LogP contribution is -2.24. The maximum absolute atomic E-state index is 12.5. The van der Waals surface area contributed by atoms with Gasteiger partial charge in [-0.1, -0.05) is 29.9 Å². The number of ketones is 1. The minimum atomic E-state index is -0.955. The first-order chi connectivity index (χ1) is 14.1. The van der Waals surface area contributed by atoms with Gasteiger partial charge in [0, 0.05) is 5.56 Å². The van der Waals surface area contributed by atoms with Crippen LogP contribution in [0.3, 0.4) is 0 Å². The number of carbonyl (C=O) groups is 1. The van der Waals surface area contributed by atoms with Crippen LogP contribution in [0.1, 0.15) is 61.5 Å². The van der Waals surface area contributed by atoms with E-state index in [4.69, 9.17) is 0 Å². The van der Waals surface area contributed by atoms with Crippen LogP contribution in [0.2, 0.25) is 0 Å². The van der Waals surface area contributed by atoms with Crippen molar-refractivity contribution < 1.29 is 25.2 Å². The van der Waals surface area contributed by atoms with Crippen molar-refractivity contribution in [1.29, 1.82) is 0 Å². The van der Waals surface area contributed by atoms with Crippen molar-refractivity contribution in [2.75, 3.05) is 0 Å². The quantitative estimate of drug-likeness (QED) is 0.261. The minimum absolute atomic E-state index is 0.0852. The summed E-state index contributed by atoms with van der Waals surface area (Å²) in [5, 5.41) is 40.7. The molecule has 0 saturated heterocycles. The van der Waals surface area contributed by atoms with Gasteiger partial charge in [-0.25, -0.2) is 0 Å². The Morgan fingerprint density at radius 1 is 1.00 bits per heavy atom. The summed E-state index contributed by atoms with van der Waals surface area (Å²) >= 11 is 0. The Bertz CT molecular complexity index is 933. The molecule has 0 aliphatic carbocycles. The molecule has 2 rings (SSSR count). The molecule has 0 aliphatic rings. The molecule has 1 atom stereocenters. The van der Waals surface area contributed by atoms with Crippen molar-refractivity contribution in [2.24, 2.45) is 0 Å². The monoisotopic (exact) mass is 410 g/mol. The van der Waals surface area contributed by atoms with Crippen molar-refractivity contribution in [3.05, 3.63) is 70.8 Å². The summed E-state index contributed by atoms with van der Waals surface area (Å²) < 4.78 is 0. The van der Waals surface area contributed by atoms with Gasteiger partial charge < -0.3 is 20.4 Å². The number of benzene rings is 2. The van der Waals surface area contributed by atoms with Crippen molar-refractivity contribution in [1.82, 2.24) is 0 Å². The number of aromatic hydroxyl groups is 3. The zero-order chi connectivity index (χ0) is 22.3. The average Bonchev–Trinajstić information content (AvgIpc) is 2.66. The molecule has 0 saturated carbocycles. The molecular weight excluding hydrogens is 380 g/mol. The third-order valence-corrected chi connectivity index (χ3v) is 4.99. The number of hydrogen-bond acceptors (Lipinski definition) is 5. The van der Waals surface area contributed by atoms with Gasteiger partial charge >= 0.3 is 0 Å². The lowest BCUT2D eigenvalue weighted by atomic mass is 9.90. The third-order valence-electron chi connectivity index (χ3n) is 4.99. The van der Waals surface area contributed by atoms with Gasteiger partial charge in [0.25, 0.3) is 0 Å². The topological polar surface area (TPSA) is 98.0 Å². The molecule has 0 fully saturated rings. The normalized spacial score (nSPS) is 13.2. The molecule has 2 aromatic carbocycles. The second kappa shape index (κ2) is 10.1. The first kappa shape index (κ1) is 23.2. The highest BCUT2D eigenvalue weighted by Gasteiger charge is 2.23. The molecule has 1 unspecified atom stereocenters. The first-order valence-corrected chi connectivity index (χ1v) is 10.00. The fourth-order valence-corrected chi connectivity index (χ4v) is 3.11. The molecule has 160 valence electrons. The third kappa shape index (κ3) is 6.78. The van der Waals surface area contributed by atoms with E-state index in [0.29, 0.717) is 12.8 Å². The highest BCUT2D eigenvalue weighted by Crippen LogP contribution is 2.34. The molecule has 0 amide bonds. The molecule has 0 aliphatic heterocycles. The summed E-state index contributed by atoms with van der Waals surface area (Å²) in [6.07, 6.45) is 6.86. The molecule has 0 spiro atoms. The Morgan fingerprint density at radius 2 is 1.67 bits per heavy atom. The van der Waals surface area contributed by atoms with Crippen molar-refractivity contribution in [2.45, 2.75) is 52.1 Å². The van der Waals surface area contributed by atoms with E-state index in [1.807, 2.05) is 13.8 Å². The summed E-state index contributed by atoms with van der Waals surface area (Å²) in [7, 11) is 0. The summed E-state index contributed by atoms with van der Waals surface area (Å²) in [5.41, 5.74) is 1.30. The molecule has 0 radical (unpaired) electrons. The maximum Gasteiger partial charge on any atom is 0.189 e. The van der Waals surface area contributed by atoms with Gasteiger partial charge in [0.1, 0.15) is 17.2 Å². The van der Waals surface area contributed by atoms with Crippen LogP contribution in [-0.2, 0) is 6.42 Å². The van der Waals surface area contributed by atoms with Crippen LogP contribution in [-0.4, -0.2) is 31.8 Å². The van der Waals surface area contributed by atoms with E-state index >= 15 is 0 Å². The van der Waals surface area contributed by atoms with Gasteiger partial charge in [-0.05, 0) is 82.4 Å². The number of allylic oxidation sites excluding steroid dienone is 3. The standard InChI is InChI=1S/C25H30O5/c1-17(2)5-4-15-25(3,30)16-14-21-23(28)13-11-20(24(21)29)22(27)12-8-18-6-9-19(26)10-7-18/h5-13,26,28-30H,4,14-16H2,1-3H3/b12-8+. The van der Waals surface area contributed by atoms with Crippen LogP contribution in [0.25, 0.3) is 6.08 Å². The minimum Gasteiger partial charge on any atom is -0.508 e. The Kier molecular flexibility index (Phi) is 7.84. The van der Waals surface area contributed by atoms with Crippen LogP contribution in [0, 0.1) is 0 Å². The first-order valence-electron chi connectivity index (χ1n) is 10.00. The predicted octanol–water partition coefficient (Wildman–Crippen LogP) is 5.13. The predicted molar refractivity (Wildman–Crippen MR) is 119 cm³/mol. The van der Waals surface area contributed by atoms with Crippen LogP contribution in [0.5, 0.6) is 17.2 Å². The summed E-state index contributed by atoms with van der Waals surface area (Å²) in [6.45, 7) is 5.74. The Balaban J connectivity index is 2.13. The molecule has 30 heavy (non-hydrogen) atoms. The van der Waals surface area contributed by atoms with Gasteiger partial charge in [-0.3, -0.25) is 4.79 Å². The molecule has 2 aromatic rings. The second-order valence-electron chi connectivity index (χ2n) is 8.07. The Labute approximate surface area is 177 Å². The van der Waals surface area contributed by atoms with E-state index < -0.39 is 11.4 Å². The van der Waals surface area contributed by atoms with E-state index in [1.54, 1.807) is 25.1 Å². The molecule has 5 nitrogen and oxygen atoms in total. The van der Waals surface area contributed by atoms with Crippen LogP contribution in [0.4, 0.5) is 0 Å².